The predicted molar refractivity (Wildman–Crippen MR) is 56.0 cm³/mol. The molecule has 0 amide bonds. The van der Waals surface area contributed by atoms with Crippen LogP contribution in [0.3, 0.4) is 0 Å². The van der Waals surface area contributed by atoms with Gasteiger partial charge < -0.3 is 14.6 Å². The molecule has 2 aromatic rings. The Kier molecular flexibility index (Phi) is 2.62. The first-order valence-corrected chi connectivity index (χ1v) is 4.92. The first-order chi connectivity index (χ1) is 7.63. The molecule has 0 aliphatic rings. The smallest absolute Gasteiger partial charge is 0.342 e. The third-order valence-electron chi connectivity index (χ3n) is 2.36. The van der Waals surface area contributed by atoms with Crippen molar-refractivity contribution in [1.82, 2.24) is 4.98 Å². The Morgan fingerprint density at radius 3 is 2.94 bits per heavy atom. The molecule has 0 aliphatic heterocycles. The Bertz CT molecular complexity index is 532. The van der Waals surface area contributed by atoms with Gasteiger partial charge in [0.1, 0.15) is 5.52 Å². The van der Waals surface area contributed by atoms with Crippen LogP contribution in [0, 0.1) is 0 Å². The van der Waals surface area contributed by atoms with Crippen molar-refractivity contribution >= 4 is 17.1 Å². The maximum absolute atomic E-state index is 10.6. The second-order valence-electron chi connectivity index (χ2n) is 3.41. The van der Waals surface area contributed by atoms with E-state index in [1.54, 1.807) is 6.07 Å². The molecular weight excluding hydrogens is 210 g/mol. The molecule has 0 saturated carbocycles. The number of carboxylic acids is 1. The summed E-state index contributed by atoms with van der Waals surface area (Å²) in [6.07, 6.45) is -0.952. The third-order valence-corrected chi connectivity index (χ3v) is 2.36. The fourth-order valence-corrected chi connectivity index (χ4v) is 1.52. The van der Waals surface area contributed by atoms with Crippen LogP contribution in [0.1, 0.15) is 24.5 Å². The molecule has 1 unspecified atom stereocenters. The summed E-state index contributed by atoms with van der Waals surface area (Å²) >= 11 is 0. The topological polar surface area (TPSA) is 83.6 Å². The van der Waals surface area contributed by atoms with Crippen LogP contribution in [0.5, 0.6) is 0 Å². The minimum atomic E-state index is -1.71. The maximum atomic E-state index is 10.6. The minimum absolute atomic E-state index is 0.177. The highest BCUT2D eigenvalue weighted by atomic mass is 16.4. The highest BCUT2D eigenvalue weighted by Crippen LogP contribution is 2.23. The van der Waals surface area contributed by atoms with Gasteiger partial charge in [-0.1, -0.05) is 19.1 Å². The fourth-order valence-electron chi connectivity index (χ4n) is 1.52. The minimum Gasteiger partial charge on any atom is -0.479 e. The van der Waals surface area contributed by atoms with Crippen molar-refractivity contribution in [1.29, 1.82) is 0 Å². The second kappa shape index (κ2) is 3.94. The van der Waals surface area contributed by atoms with Crippen LogP contribution < -0.4 is 0 Å². The predicted octanol–water partition coefficient (Wildman–Crippen LogP) is 1.51. The van der Waals surface area contributed by atoms with Crippen molar-refractivity contribution in [3.8, 4) is 0 Å². The molecule has 16 heavy (non-hydrogen) atoms. The Balaban J connectivity index is 2.55. The number of hydrogen-bond donors (Lipinski definition) is 2. The van der Waals surface area contributed by atoms with Gasteiger partial charge in [-0.25, -0.2) is 9.78 Å². The number of aliphatic hydroxyl groups is 1. The standard InChI is InChI=1S/C11H11NO4/c1-2-6-4-3-5-7-9(6)16-10(12-7)8(13)11(14)15/h3-5,8,13H,2H2,1H3,(H,14,15). The Labute approximate surface area is 91.3 Å². The zero-order valence-electron chi connectivity index (χ0n) is 8.67. The number of aliphatic carboxylic acids is 1. The summed E-state index contributed by atoms with van der Waals surface area (Å²) in [5.74, 6) is -1.55. The number of aromatic nitrogens is 1. The molecule has 84 valence electrons. The van der Waals surface area contributed by atoms with Gasteiger partial charge in [-0.05, 0) is 18.1 Å². The molecule has 0 aliphatic carbocycles. The molecule has 5 heteroatoms. The van der Waals surface area contributed by atoms with Crippen LogP contribution in [-0.4, -0.2) is 21.2 Å². The van der Waals surface area contributed by atoms with Gasteiger partial charge in [0.2, 0.25) is 12.0 Å². The number of nitrogens with zero attached hydrogens (tertiary/aromatic N) is 1. The van der Waals surface area contributed by atoms with E-state index in [-0.39, 0.29) is 5.89 Å². The third kappa shape index (κ3) is 1.65. The van der Waals surface area contributed by atoms with E-state index in [4.69, 9.17) is 9.52 Å². The lowest BCUT2D eigenvalue weighted by atomic mass is 10.1. The highest BCUT2D eigenvalue weighted by Gasteiger charge is 2.22. The lowest BCUT2D eigenvalue weighted by molar-refractivity contribution is -0.148. The van der Waals surface area contributed by atoms with Gasteiger partial charge in [0, 0.05) is 0 Å². The largest absolute Gasteiger partial charge is 0.479 e. The molecule has 2 N–H and O–H groups in total. The number of carboxylic acid groups (broad SMARTS) is 1. The zero-order valence-corrected chi connectivity index (χ0v) is 8.67. The van der Waals surface area contributed by atoms with Gasteiger partial charge >= 0.3 is 5.97 Å². The SMILES string of the molecule is CCc1cccc2nc(C(O)C(=O)O)oc12. The van der Waals surface area contributed by atoms with Gasteiger partial charge in [-0.15, -0.1) is 0 Å². The van der Waals surface area contributed by atoms with E-state index >= 15 is 0 Å². The zero-order chi connectivity index (χ0) is 11.7. The summed E-state index contributed by atoms with van der Waals surface area (Å²) in [4.78, 5) is 14.5. The monoisotopic (exact) mass is 221 g/mol. The summed E-state index contributed by atoms with van der Waals surface area (Å²) in [6.45, 7) is 1.96. The Morgan fingerprint density at radius 2 is 2.31 bits per heavy atom. The molecule has 0 bridgehead atoms. The van der Waals surface area contributed by atoms with Crippen LogP contribution in [0.25, 0.3) is 11.1 Å². The Hall–Kier alpha value is -1.88. The van der Waals surface area contributed by atoms with E-state index in [0.717, 1.165) is 12.0 Å². The Morgan fingerprint density at radius 1 is 1.56 bits per heavy atom. The van der Waals surface area contributed by atoms with Crippen LogP contribution in [-0.2, 0) is 11.2 Å². The average Bonchev–Trinajstić information content (AvgIpc) is 2.70. The van der Waals surface area contributed by atoms with Crippen molar-refractivity contribution in [3.63, 3.8) is 0 Å². The number of carbonyl (C=O) groups is 1. The molecule has 1 aromatic heterocycles. The molecule has 1 aromatic carbocycles. The number of aryl methyl sites for hydroxylation is 1. The van der Waals surface area contributed by atoms with Crippen molar-refractivity contribution in [3.05, 3.63) is 29.7 Å². The van der Waals surface area contributed by atoms with Crippen molar-refractivity contribution in [2.75, 3.05) is 0 Å². The molecule has 0 fully saturated rings. The van der Waals surface area contributed by atoms with Crippen LogP contribution in [0.2, 0.25) is 0 Å². The number of rotatable bonds is 3. The van der Waals surface area contributed by atoms with Crippen molar-refractivity contribution in [2.45, 2.75) is 19.4 Å². The lowest BCUT2D eigenvalue weighted by Gasteiger charge is -1.98. The van der Waals surface area contributed by atoms with Crippen LogP contribution in [0.15, 0.2) is 22.6 Å². The number of oxazole rings is 1. The van der Waals surface area contributed by atoms with E-state index in [1.165, 1.54) is 0 Å². The summed E-state index contributed by atoms with van der Waals surface area (Å²) in [6, 6.07) is 5.42. The first kappa shape index (κ1) is 10.6. The first-order valence-electron chi connectivity index (χ1n) is 4.92. The fraction of sp³-hybridized carbons (Fsp3) is 0.273. The van der Waals surface area contributed by atoms with E-state index in [9.17, 15) is 9.90 Å². The van der Waals surface area contributed by atoms with Gasteiger partial charge in [-0.2, -0.15) is 0 Å². The maximum Gasteiger partial charge on any atom is 0.342 e. The summed E-state index contributed by atoms with van der Waals surface area (Å²) < 4.78 is 5.27. The van der Waals surface area contributed by atoms with Crippen LogP contribution in [0.4, 0.5) is 0 Å². The number of benzene rings is 1. The number of fused-ring (bicyclic) bond motifs is 1. The van der Waals surface area contributed by atoms with Gasteiger partial charge in [0.15, 0.2) is 5.58 Å². The average molecular weight is 221 g/mol. The number of aliphatic hydroxyl groups excluding tert-OH is 1. The molecule has 2 rings (SSSR count). The second-order valence-corrected chi connectivity index (χ2v) is 3.41. The molecule has 0 radical (unpaired) electrons. The lowest BCUT2D eigenvalue weighted by Crippen LogP contribution is -2.10. The molecule has 0 saturated heterocycles. The van der Waals surface area contributed by atoms with Gasteiger partial charge in [-0.3, -0.25) is 0 Å². The van der Waals surface area contributed by atoms with Crippen LogP contribution >= 0.6 is 0 Å². The number of hydrogen-bond acceptors (Lipinski definition) is 4. The molecule has 0 spiro atoms. The normalized spacial score (nSPS) is 12.9. The highest BCUT2D eigenvalue weighted by molar-refractivity contribution is 5.78. The summed E-state index contributed by atoms with van der Waals surface area (Å²) in [5, 5.41) is 17.9. The van der Waals surface area contributed by atoms with Gasteiger partial charge in [0.25, 0.3) is 0 Å². The van der Waals surface area contributed by atoms with Crippen molar-refractivity contribution < 1.29 is 19.4 Å². The van der Waals surface area contributed by atoms with Gasteiger partial charge in [0.05, 0.1) is 0 Å². The molecule has 5 nitrogen and oxygen atoms in total. The quantitative estimate of drug-likeness (QED) is 0.820. The molecular formula is C11H11NO4. The van der Waals surface area contributed by atoms with E-state index < -0.39 is 12.1 Å². The van der Waals surface area contributed by atoms with E-state index in [2.05, 4.69) is 4.98 Å². The number of para-hydroxylation sites is 1. The summed E-state index contributed by atoms with van der Waals surface area (Å²) in [7, 11) is 0. The van der Waals surface area contributed by atoms with E-state index in [0.29, 0.717) is 11.1 Å². The summed E-state index contributed by atoms with van der Waals surface area (Å²) in [5.41, 5.74) is 2.05. The van der Waals surface area contributed by atoms with Crippen molar-refractivity contribution in [2.24, 2.45) is 0 Å². The van der Waals surface area contributed by atoms with E-state index in [1.807, 2.05) is 19.1 Å². The molecule has 1 heterocycles. The molecule has 1 atom stereocenters.